The second-order valence-corrected chi connectivity index (χ2v) is 3.14. The fraction of sp³-hybridized carbons (Fsp3) is 0.273. The van der Waals surface area contributed by atoms with Gasteiger partial charge in [-0.2, -0.15) is 5.26 Å². The predicted molar refractivity (Wildman–Crippen MR) is 50.5 cm³/mol. The molecule has 0 saturated heterocycles. The highest BCUT2D eigenvalue weighted by Gasteiger charge is 2.15. The minimum Gasteiger partial charge on any atom is -0.293 e. The van der Waals surface area contributed by atoms with Crippen molar-refractivity contribution in [2.75, 3.05) is 0 Å². The Hall–Kier alpha value is -1.76. The smallest absolute Gasteiger partial charge is 0.263 e. The maximum absolute atomic E-state index is 12.2. The van der Waals surface area contributed by atoms with Gasteiger partial charge in [-0.1, -0.05) is 24.3 Å². The van der Waals surface area contributed by atoms with Gasteiger partial charge in [-0.3, -0.25) is 4.79 Å². The van der Waals surface area contributed by atoms with Crippen LogP contribution in [0.3, 0.4) is 0 Å². The molecule has 1 aromatic carbocycles. The van der Waals surface area contributed by atoms with Crippen molar-refractivity contribution >= 4 is 5.78 Å². The summed E-state index contributed by atoms with van der Waals surface area (Å²) in [6.07, 6.45) is -2.54. The van der Waals surface area contributed by atoms with Crippen LogP contribution in [0.5, 0.6) is 0 Å². The van der Waals surface area contributed by atoms with E-state index in [1.54, 1.807) is 6.07 Å². The van der Waals surface area contributed by atoms with E-state index in [-0.39, 0.29) is 16.9 Å². The van der Waals surface area contributed by atoms with Crippen LogP contribution in [-0.4, -0.2) is 5.78 Å². The van der Waals surface area contributed by atoms with E-state index in [2.05, 4.69) is 0 Å². The molecule has 2 nitrogen and oxygen atoms in total. The number of hydrogen-bond donors (Lipinski definition) is 0. The van der Waals surface area contributed by atoms with Gasteiger partial charge in [0.1, 0.15) is 5.92 Å². The third kappa shape index (κ3) is 2.59. The Morgan fingerprint density at radius 2 is 1.87 bits per heavy atom. The summed E-state index contributed by atoms with van der Waals surface area (Å²) in [5, 5.41) is 8.52. The number of benzene rings is 1. The molecule has 1 unspecified atom stereocenters. The molecule has 0 aromatic heterocycles. The molecule has 0 amide bonds. The van der Waals surface area contributed by atoms with E-state index in [9.17, 15) is 13.6 Å². The number of rotatable bonds is 3. The molecule has 1 rings (SSSR count). The Morgan fingerprint density at radius 1 is 1.33 bits per heavy atom. The largest absolute Gasteiger partial charge is 0.293 e. The van der Waals surface area contributed by atoms with E-state index in [1.165, 1.54) is 31.2 Å². The normalized spacial score (nSPS) is 12.2. The number of ketones is 1. The lowest BCUT2D eigenvalue weighted by atomic mass is 10.00. The summed E-state index contributed by atoms with van der Waals surface area (Å²) in [5.41, 5.74) is 0.157. The quantitative estimate of drug-likeness (QED) is 0.718. The van der Waals surface area contributed by atoms with Crippen molar-refractivity contribution in [3.8, 4) is 6.07 Å². The summed E-state index contributed by atoms with van der Waals surface area (Å²) in [7, 11) is 0. The lowest BCUT2D eigenvalue weighted by Gasteiger charge is -2.03. The maximum Gasteiger partial charge on any atom is 0.263 e. The Morgan fingerprint density at radius 3 is 2.27 bits per heavy atom. The Bertz CT molecular complexity index is 392. The van der Waals surface area contributed by atoms with Crippen LogP contribution in [0.2, 0.25) is 0 Å². The first-order valence-corrected chi connectivity index (χ1v) is 4.38. The highest BCUT2D eigenvalue weighted by Crippen LogP contribution is 2.19. The van der Waals surface area contributed by atoms with Gasteiger partial charge in [-0.05, 0) is 6.92 Å². The van der Waals surface area contributed by atoms with Crippen molar-refractivity contribution in [2.45, 2.75) is 13.3 Å². The molecule has 0 spiro atoms. The molecule has 0 N–H and O–H groups in total. The average Bonchev–Trinajstić information content (AvgIpc) is 2.27. The molecule has 0 bridgehead atoms. The maximum atomic E-state index is 12.2. The zero-order valence-corrected chi connectivity index (χ0v) is 8.08. The van der Waals surface area contributed by atoms with Crippen molar-refractivity contribution in [2.24, 2.45) is 5.92 Å². The van der Waals surface area contributed by atoms with Crippen LogP contribution in [0.25, 0.3) is 0 Å². The number of Topliss-reactive ketones (excluding diaryl/α,β-unsaturated/α-hetero) is 1. The molecule has 78 valence electrons. The van der Waals surface area contributed by atoms with Gasteiger partial charge >= 0.3 is 0 Å². The van der Waals surface area contributed by atoms with E-state index in [0.29, 0.717) is 0 Å². The van der Waals surface area contributed by atoms with Crippen LogP contribution >= 0.6 is 0 Å². The van der Waals surface area contributed by atoms with Crippen molar-refractivity contribution in [1.29, 1.82) is 5.26 Å². The topological polar surface area (TPSA) is 40.9 Å². The van der Waals surface area contributed by atoms with Gasteiger partial charge in [-0.25, -0.2) is 8.78 Å². The van der Waals surface area contributed by atoms with Crippen LogP contribution in [0.4, 0.5) is 8.78 Å². The summed E-state index contributed by atoms with van der Waals surface area (Å²) < 4.78 is 24.4. The lowest BCUT2D eigenvalue weighted by Crippen LogP contribution is -2.08. The number of carbonyl (C=O) groups is 1. The van der Waals surface area contributed by atoms with E-state index in [4.69, 9.17) is 5.26 Å². The van der Waals surface area contributed by atoms with Gasteiger partial charge in [0.2, 0.25) is 0 Å². The second-order valence-electron chi connectivity index (χ2n) is 3.14. The summed E-state index contributed by atoms with van der Waals surface area (Å²) in [4.78, 5) is 11.4. The first kappa shape index (κ1) is 11.3. The molecule has 15 heavy (non-hydrogen) atoms. The standard InChI is InChI=1S/C11H9F2NO/c1-7(6-14)10(15)8-2-4-9(5-3-8)11(12)13/h2-5,7,11H,1H3. The number of nitriles is 1. The molecule has 1 atom stereocenters. The molecule has 0 aliphatic carbocycles. The van der Waals surface area contributed by atoms with Crippen molar-refractivity contribution in [1.82, 2.24) is 0 Å². The summed E-state index contributed by atoms with van der Waals surface area (Å²) >= 11 is 0. The van der Waals surface area contributed by atoms with Gasteiger partial charge in [0.05, 0.1) is 6.07 Å². The molecular weight excluding hydrogens is 200 g/mol. The van der Waals surface area contributed by atoms with E-state index in [1.807, 2.05) is 0 Å². The highest BCUT2D eigenvalue weighted by molar-refractivity contribution is 5.99. The van der Waals surface area contributed by atoms with Crippen LogP contribution in [0.15, 0.2) is 24.3 Å². The van der Waals surface area contributed by atoms with Gasteiger partial charge in [0, 0.05) is 11.1 Å². The van der Waals surface area contributed by atoms with E-state index < -0.39 is 12.3 Å². The van der Waals surface area contributed by atoms with Crippen molar-refractivity contribution in [3.63, 3.8) is 0 Å². The average molecular weight is 209 g/mol. The first-order chi connectivity index (χ1) is 7.06. The lowest BCUT2D eigenvalue weighted by molar-refractivity contribution is 0.0956. The van der Waals surface area contributed by atoms with E-state index >= 15 is 0 Å². The number of halogens is 2. The molecule has 1 aromatic rings. The highest BCUT2D eigenvalue weighted by atomic mass is 19.3. The number of alkyl halides is 2. The predicted octanol–water partition coefficient (Wildman–Crippen LogP) is 2.97. The number of hydrogen-bond acceptors (Lipinski definition) is 2. The Kier molecular flexibility index (Phi) is 3.51. The summed E-state index contributed by atoms with van der Waals surface area (Å²) in [5.74, 6) is -1.10. The third-order valence-electron chi connectivity index (χ3n) is 2.03. The Labute approximate surface area is 86.1 Å². The van der Waals surface area contributed by atoms with Gasteiger partial charge in [0.15, 0.2) is 5.78 Å². The molecular formula is C11H9F2NO. The fourth-order valence-electron chi connectivity index (χ4n) is 1.10. The molecule has 4 heteroatoms. The monoisotopic (exact) mass is 209 g/mol. The molecule has 0 heterocycles. The van der Waals surface area contributed by atoms with Gasteiger partial charge in [0.25, 0.3) is 6.43 Å². The summed E-state index contributed by atoms with van der Waals surface area (Å²) in [6, 6.07) is 6.83. The third-order valence-corrected chi connectivity index (χ3v) is 2.03. The van der Waals surface area contributed by atoms with Crippen LogP contribution in [-0.2, 0) is 0 Å². The van der Waals surface area contributed by atoms with Crippen molar-refractivity contribution in [3.05, 3.63) is 35.4 Å². The molecule has 0 aliphatic heterocycles. The van der Waals surface area contributed by atoms with E-state index in [0.717, 1.165) is 0 Å². The van der Waals surface area contributed by atoms with Crippen LogP contribution in [0, 0.1) is 17.2 Å². The molecule has 0 radical (unpaired) electrons. The zero-order chi connectivity index (χ0) is 11.4. The minimum atomic E-state index is -2.54. The summed E-state index contributed by atoms with van der Waals surface area (Å²) in [6.45, 7) is 1.48. The second kappa shape index (κ2) is 4.65. The molecule has 0 saturated carbocycles. The van der Waals surface area contributed by atoms with Gasteiger partial charge in [-0.15, -0.1) is 0 Å². The SMILES string of the molecule is CC(C#N)C(=O)c1ccc(C(F)F)cc1. The van der Waals surface area contributed by atoms with Gasteiger partial charge < -0.3 is 0 Å². The minimum absolute atomic E-state index is 0.129. The molecule has 0 fully saturated rings. The molecule has 0 aliphatic rings. The number of carbonyl (C=O) groups excluding carboxylic acids is 1. The zero-order valence-electron chi connectivity index (χ0n) is 8.08. The fourth-order valence-corrected chi connectivity index (χ4v) is 1.10. The number of nitrogens with zero attached hydrogens (tertiary/aromatic N) is 1. The van der Waals surface area contributed by atoms with Crippen molar-refractivity contribution < 1.29 is 13.6 Å². The van der Waals surface area contributed by atoms with Crippen LogP contribution < -0.4 is 0 Å². The van der Waals surface area contributed by atoms with Crippen LogP contribution in [0.1, 0.15) is 29.3 Å². The Balaban J connectivity index is 2.90. The first-order valence-electron chi connectivity index (χ1n) is 4.38.